The van der Waals surface area contributed by atoms with Gasteiger partial charge in [-0.15, -0.1) is 0 Å². The van der Waals surface area contributed by atoms with E-state index in [9.17, 15) is 22.5 Å². The zero-order valence-electron chi connectivity index (χ0n) is 8.69. The first-order chi connectivity index (χ1) is 7.60. The van der Waals surface area contributed by atoms with E-state index in [4.69, 9.17) is 4.89 Å². The van der Waals surface area contributed by atoms with Crippen LogP contribution in [0.5, 0.6) is 0 Å². The molecule has 100 valence electrons. The van der Waals surface area contributed by atoms with Gasteiger partial charge in [0.05, 0.1) is 6.61 Å². The highest BCUT2D eigenvalue weighted by Crippen LogP contribution is 2.41. The molecule has 0 aromatic heterocycles. The van der Waals surface area contributed by atoms with Gasteiger partial charge in [0.2, 0.25) is 0 Å². The standard InChI is InChI=1S/C7H10F3O6P/c1-5(7(8,9)10)6(11)15-3-4-16-17(12,13)14-2/h1,3-4H2,2H3,(H,12,13). The number of carbonyl (C=O) groups excluding carboxylic acids is 1. The van der Waals surface area contributed by atoms with Gasteiger partial charge in [0.1, 0.15) is 12.2 Å². The molecule has 6 nitrogen and oxygen atoms in total. The SMILES string of the molecule is C=C(C(=O)OCCOP(=O)(O)OC)C(F)(F)F. The van der Waals surface area contributed by atoms with Gasteiger partial charge in [-0.3, -0.25) is 9.05 Å². The van der Waals surface area contributed by atoms with Crippen molar-refractivity contribution in [3.05, 3.63) is 12.2 Å². The number of phosphoric acid groups is 1. The Morgan fingerprint density at radius 2 is 1.94 bits per heavy atom. The average Bonchev–Trinajstić information content (AvgIpc) is 2.21. The number of phosphoric ester groups is 1. The van der Waals surface area contributed by atoms with Gasteiger partial charge >= 0.3 is 20.0 Å². The number of hydrogen-bond acceptors (Lipinski definition) is 5. The smallest absolute Gasteiger partial charge is 0.460 e. The molecule has 1 atom stereocenters. The van der Waals surface area contributed by atoms with Gasteiger partial charge in [0, 0.05) is 7.11 Å². The summed E-state index contributed by atoms with van der Waals surface area (Å²) in [4.78, 5) is 19.4. The molecule has 0 aliphatic carbocycles. The van der Waals surface area contributed by atoms with Crippen LogP contribution in [-0.2, 0) is 23.1 Å². The Labute approximate surface area is 94.6 Å². The van der Waals surface area contributed by atoms with Crippen LogP contribution < -0.4 is 0 Å². The molecule has 17 heavy (non-hydrogen) atoms. The average molecular weight is 278 g/mol. The Kier molecular flexibility index (Phi) is 5.83. The van der Waals surface area contributed by atoms with Crippen LogP contribution in [0.1, 0.15) is 0 Å². The molecule has 0 spiro atoms. The van der Waals surface area contributed by atoms with Crippen LogP contribution in [0.25, 0.3) is 0 Å². The summed E-state index contributed by atoms with van der Waals surface area (Å²) in [6, 6.07) is 0. The summed E-state index contributed by atoms with van der Waals surface area (Å²) >= 11 is 0. The molecule has 0 saturated carbocycles. The lowest BCUT2D eigenvalue weighted by Gasteiger charge is -2.11. The zero-order chi connectivity index (χ0) is 13.7. The van der Waals surface area contributed by atoms with Crippen molar-refractivity contribution in [2.24, 2.45) is 0 Å². The quantitative estimate of drug-likeness (QED) is 0.342. The van der Waals surface area contributed by atoms with Crippen molar-refractivity contribution in [1.29, 1.82) is 0 Å². The van der Waals surface area contributed by atoms with Gasteiger partial charge in [-0.1, -0.05) is 6.58 Å². The molecule has 0 rings (SSSR count). The number of carbonyl (C=O) groups is 1. The summed E-state index contributed by atoms with van der Waals surface area (Å²) in [5, 5.41) is 0. The first-order valence-corrected chi connectivity index (χ1v) is 5.56. The van der Waals surface area contributed by atoms with Crippen molar-refractivity contribution < 1.29 is 41.2 Å². The molecule has 0 fully saturated rings. The van der Waals surface area contributed by atoms with Crippen LogP contribution >= 0.6 is 7.82 Å². The molecule has 1 N–H and O–H groups in total. The van der Waals surface area contributed by atoms with E-state index in [1.165, 1.54) is 0 Å². The second-order valence-corrected chi connectivity index (χ2v) is 4.16. The molecular weight excluding hydrogens is 268 g/mol. The summed E-state index contributed by atoms with van der Waals surface area (Å²) in [6.45, 7) is 1.28. The lowest BCUT2D eigenvalue weighted by Crippen LogP contribution is -2.22. The minimum absolute atomic E-state index is 0.585. The van der Waals surface area contributed by atoms with E-state index >= 15 is 0 Å². The Morgan fingerprint density at radius 1 is 1.41 bits per heavy atom. The van der Waals surface area contributed by atoms with Crippen molar-refractivity contribution in [2.75, 3.05) is 20.3 Å². The van der Waals surface area contributed by atoms with Crippen LogP contribution in [0.3, 0.4) is 0 Å². The van der Waals surface area contributed by atoms with Crippen LogP contribution in [0.15, 0.2) is 12.2 Å². The van der Waals surface area contributed by atoms with Gasteiger partial charge < -0.3 is 9.63 Å². The monoisotopic (exact) mass is 278 g/mol. The van der Waals surface area contributed by atoms with Crippen LogP contribution in [0.4, 0.5) is 13.2 Å². The first-order valence-electron chi connectivity index (χ1n) is 4.06. The summed E-state index contributed by atoms with van der Waals surface area (Å²) in [5.41, 5.74) is -1.67. The molecule has 0 amide bonds. The predicted molar refractivity (Wildman–Crippen MR) is 48.9 cm³/mol. The van der Waals surface area contributed by atoms with E-state index in [2.05, 4.69) is 20.4 Å². The van der Waals surface area contributed by atoms with Crippen molar-refractivity contribution in [2.45, 2.75) is 6.18 Å². The molecule has 0 radical (unpaired) electrons. The molecule has 0 aromatic rings. The van der Waals surface area contributed by atoms with E-state index in [0.29, 0.717) is 0 Å². The van der Waals surface area contributed by atoms with E-state index in [1.54, 1.807) is 0 Å². The van der Waals surface area contributed by atoms with E-state index < -0.39 is 38.8 Å². The molecular formula is C7H10F3O6P. The van der Waals surface area contributed by atoms with Gasteiger partial charge in [-0.2, -0.15) is 13.2 Å². The van der Waals surface area contributed by atoms with Crippen molar-refractivity contribution in [1.82, 2.24) is 0 Å². The van der Waals surface area contributed by atoms with Gasteiger partial charge in [-0.05, 0) is 0 Å². The third kappa shape index (κ3) is 6.42. The Bertz CT molecular complexity index is 339. The fraction of sp³-hybridized carbons (Fsp3) is 0.571. The van der Waals surface area contributed by atoms with Crippen LogP contribution in [0.2, 0.25) is 0 Å². The van der Waals surface area contributed by atoms with E-state index in [-0.39, 0.29) is 0 Å². The highest BCUT2D eigenvalue weighted by molar-refractivity contribution is 7.47. The largest absolute Gasteiger partial charge is 0.472 e. The summed E-state index contributed by atoms with van der Waals surface area (Å²) in [6.07, 6.45) is -4.88. The Hall–Kier alpha value is -0.890. The van der Waals surface area contributed by atoms with E-state index in [0.717, 1.165) is 7.11 Å². The summed E-state index contributed by atoms with van der Waals surface area (Å²) in [7, 11) is -3.32. The minimum Gasteiger partial charge on any atom is -0.460 e. The molecule has 0 aliphatic rings. The third-order valence-corrected chi connectivity index (χ3v) is 2.36. The highest BCUT2D eigenvalue weighted by Gasteiger charge is 2.37. The maximum Gasteiger partial charge on any atom is 0.472 e. The molecule has 10 heteroatoms. The Morgan fingerprint density at radius 3 is 2.35 bits per heavy atom. The highest BCUT2D eigenvalue weighted by atomic mass is 31.2. The lowest BCUT2D eigenvalue weighted by molar-refractivity contribution is -0.151. The minimum atomic E-state index is -4.88. The molecule has 0 aliphatic heterocycles. The number of alkyl halides is 3. The third-order valence-electron chi connectivity index (χ3n) is 1.39. The fourth-order valence-corrected chi connectivity index (χ4v) is 0.953. The predicted octanol–water partition coefficient (Wildman–Crippen LogP) is 1.41. The normalized spacial score (nSPS) is 15.1. The maximum absolute atomic E-state index is 11.9. The second kappa shape index (κ2) is 6.15. The van der Waals surface area contributed by atoms with Gasteiger partial charge in [0.25, 0.3) is 0 Å². The molecule has 0 aromatic carbocycles. The van der Waals surface area contributed by atoms with Crippen molar-refractivity contribution in [3.8, 4) is 0 Å². The number of rotatable bonds is 6. The van der Waals surface area contributed by atoms with Crippen LogP contribution in [0, 0.1) is 0 Å². The second-order valence-electron chi connectivity index (χ2n) is 2.60. The molecule has 0 bridgehead atoms. The lowest BCUT2D eigenvalue weighted by atomic mass is 10.3. The zero-order valence-corrected chi connectivity index (χ0v) is 9.59. The number of halogens is 3. The first kappa shape index (κ1) is 16.1. The number of esters is 1. The summed E-state index contributed by atoms with van der Waals surface area (Å²) < 4.78 is 58.7. The topological polar surface area (TPSA) is 82.1 Å². The van der Waals surface area contributed by atoms with Gasteiger partial charge in [0.15, 0.2) is 0 Å². The fourth-order valence-electron chi connectivity index (χ4n) is 0.543. The van der Waals surface area contributed by atoms with Crippen LogP contribution in [-0.4, -0.2) is 37.4 Å². The number of hydrogen-bond donors (Lipinski definition) is 1. The molecule has 1 unspecified atom stereocenters. The van der Waals surface area contributed by atoms with Gasteiger partial charge in [-0.25, -0.2) is 9.36 Å². The Balaban J connectivity index is 3.96. The maximum atomic E-state index is 11.9. The van der Waals surface area contributed by atoms with Crippen molar-refractivity contribution in [3.63, 3.8) is 0 Å². The van der Waals surface area contributed by atoms with Crippen molar-refractivity contribution >= 4 is 13.8 Å². The molecule has 0 saturated heterocycles. The summed E-state index contributed by atoms with van der Waals surface area (Å²) in [5.74, 6) is -1.67. The number of ether oxygens (including phenoxy) is 1. The van der Waals surface area contributed by atoms with E-state index in [1.807, 2.05) is 0 Å². The molecule has 0 heterocycles.